The second-order valence-corrected chi connectivity index (χ2v) is 10.2. The van der Waals surface area contributed by atoms with Crippen LogP contribution in [0, 0.1) is 24.6 Å². The van der Waals surface area contributed by atoms with Gasteiger partial charge in [-0.15, -0.1) is 10.2 Å². The third-order valence-electron chi connectivity index (χ3n) is 7.35. The first-order valence-corrected chi connectivity index (χ1v) is 13.4. The number of ether oxygens (including phenoxy) is 2. The van der Waals surface area contributed by atoms with Crippen molar-refractivity contribution in [2.24, 2.45) is 11.8 Å². The molecule has 0 aliphatic heterocycles. The summed E-state index contributed by atoms with van der Waals surface area (Å²) in [5.41, 5.74) is 0.371. The van der Waals surface area contributed by atoms with Crippen LogP contribution in [-0.2, 0) is 13.0 Å². The number of aromatic amines is 1. The zero-order valence-corrected chi connectivity index (χ0v) is 22.5. The summed E-state index contributed by atoms with van der Waals surface area (Å²) in [5, 5.41) is 10.7. The lowest BCUT2D eigenvalue weighted by molar-refractivity contribution is 0.0940. The van der Waals surface area contributed by atoms with Gasteiger partial charge in [-0.05, 0) is 60.9 Å². The number of carbonyl (C=O) groups excluding carboxylic acids is 1. The van der Waals surface area contributed by atoms with Crippen LogP contribution in [-0.4, -0.2) is 39.8 Å². The van der Waals surface area contributed by atoms with Crippen molar-refractivity contribution in [2.75, 3.05) is 13.7 Å². The van der Waals surface area contributed by atoms with E-state index in [1.807, 2.05) is 12.1 Å². The molecule has 2 aromatic carbocycles. The van der Waals surface area contributed by atoms with Crippen LogP contribution in [0.1, 0.15) is 60.1 Å². The Hall–Kier alpha value is -4.28. The standard InChI is InChI=1S/C29H32FN5O5/c1-17-34-35-24(40-17)15-19-8-6-18(7-9-19)12-13-39-26-22(30)10-11-23-25(26)28(36)33-27(32-23)29(37)31-16-20-4-3-5-21(14-20)38-2/h3-5,10-11,14,18-19H,6-9,12-13,15-16H2,1-2H3,(H,31,37)(H,32,33,36). The number of aryl methyl sites for hydroxylation is 1. The van der Waals surface area contributed by atoms with E-state index in [1.54, 1.807) is 26.2 Å². The van der Waals surface area contributed by atoms with Gasteiger partial charge < -0.3 is 24.2 Å². The summed E-state index contributed by atoms with van der Waals surface area (Å²) in [6, 6.07) is 9.83. The Balaban J connectivity index is 1.18. The summed E-state index contributed by atoms with van der Waals surface area (Å²) >= 11 is 0. The van der Waals surface area contributed by atoms with Crippen LogP contribution < -0.4 is 20.3 Å². The number of aromatic nitrogens is 4. The van der Waals surface area contributed by atoms with Crippen molar-refractivity contribution in [2.45, 2.75) is 52.0 Å². The van der Waals surface area contributed by atoms with Crippen molar-refractivity contribution in [3.05, 3.63) is 75.7 Å². The van der Waals surface area contributed by atoms with Crippen molar-refractivity contribution in [1.82, 2.24) is 25.5 Å². The highest BCUT2D eigenvalue weighted by Crippen LogP contribution is 2.33. The molecule has 1 aliphatic rings. The van der Waals surface area contributed by atoms with Gasteiger partial charge in [0.1, 0.15) is 11.1 Å². The van der Waals surface area contributed by atoms with E-state index in [0.717, 1.165) is 44.1 Å². The lowest BCUT2D eigenvalue weighted by atomic mass is 9.79. The lowest BCUT2D eigenvalue weighted by Gasteiger charge is -2.27. The summed E-state index contributed by atoms with van der Waals surface area (Å²) < 4.78 is 31.2. The number of amides is 1. The van der Waals surface area contributed by atoms with Crippen LogP contribution in [0.3, 0.4) is 0 Å². The Labute approximate surface area is 230 Å². The minimum atomic E-state index is -0.645. The lowest BCUT2D eigenvalue weighted by Crippen LogP contribution is -2.27. The molecule has 1 amide bonds. The number of hydrogen-bond donors (Lipinski definition) is 2. The first-order valence-electron chi connectivity index (χ1n) is 13.4. The molecular formula is C29H32FN5O5. The molecule has 40 heavy (non-hydrogen) atoms. The number of benzene rings is 2. The molecule has 1 saturated carbocycles. The molecule has 0 unspecified atom stereocenters. The molecule has 0 atom stereocenters. The average molecular weight is 550 g/mol. The number of rotatable bonds is 10. The van der Waals surface area contributed by atoms with Crippen LogP contribution in [0.15, 0.2) is 45.6 Å². The molecule has 0 radical (unpaired) electrons. The maximum atomic E-state index is 14.7. The molecule has 5 rings (SSSR count). The number of fused-ring (bicyclic) bond motifs is 1. The highest BCUT2D eigenvalue weighted by atomic mass is 19.1. The Morgan fingerprint density at radius 1 is 1.15 bits per heavy atom. The predicted octanol–water partition coefficient (Wildman–Crippen LogP) is 4.51. The minimum Gasteiger partial charge on any atom is -0.497 e. The average Bonchev–Trinajstić information content (AvgIpc) is 3.38. The molecule has 11 heteroatoms. The monoisotopic (exact) mass is 549 g/mol. The van der Waals surface area contributed by atoms with Crippen molar-refractivity contribution in [1.29, 1.82) is 0 Å². The van der Waals surface area contributed by atoms with E-state index in [0.29, 0.717) is 29.4 Å². The number of nitrogens with zero attached hydrogens (tertiary/aromatic N) is 3. The van der Waals surface area contributed by atoms with Gasteiger partial charge in [-0.2, -0.15) is 0 Å². The maximum absolute atomic E-state index is 14.7. The maximum Gasteiger partial charge on any atom is 0.287 e. The number of H-pyrrole nitrogens is 1. The largest absolute Gasteiger partial charge is 0.497 e. The van der Waals surface area contributed by atoms with E-state index in [1.165, 1.54) is 12.1 Å². The fourth-order valence-electron chi connectivity index (χ4n) is 5.19. The van der Waals surface area contributed by atoms with E-state index in [2.05, 4.69) is 25.5 Å². The van der Waals surface area contributed by atoms with Crippen LogP contribution in [0.4, 0.5) is 4.39 Å². The van der Waals surface area contributed by atoms with Crippen molar-refractivity contribution >= 4 is 16.8 Å². The molecule has 1 fully saturated rings. The Morgan fingerprint density at radius 2 is 1.95 bits per heavy atom. The second kappa shape index (κ2) is 12.3. The molecule has 210 valence electrons. The quantitative estimate of drug-likeness (QED) is 0.295. The Morgan fingerprint density at radius 3 is 2.70 bits per heavy atom. The van der Waals surface area contributed by atoms with Crippen molar-refractivity contribution in [3.8, 4) is 11.5 Å². The molecule has 10 nitrogen and oxygen atoms in total. The summed E-state index contributed by atoms with van der Waals surface area (Å²) in [6.07, 6.45) is 5.73. The molecular weight excluding hydrogens is 517 g/mol. The topological polar surface area (TPSA) is 132 Å². The second-order valence-electron chi connectivity index (χ2n) is 10.2. The van der Waals surface area contributed by atoms with Crippen molar-refractivity contribution in [3.63, 3.8) is 0 Å². The van der Waals surface area contributed by atoms with Gasteiger partial charge in [-0.1, -0.05) is 25.0 Å². The van der Waals surface area contributed by atoms with Gasteiger partial charge in [0.15, 0.2) is 17.4 Å². The van der Waals surface area contributed by atoms with Gasteiger partial charge in [-0.25, -0.2) is 9.37 Å². The van der Waals surface area contributed by atoms with E-state index in [4.69, 9.17) is 13.9 Å². The van der Waals surface area contributed by atoms with Crippen LogP contribution >= 0.6 is 0 Å². The number of methoxy groups -OCH3 is 1. The fraction of sp³-hybridized carbons (Fsp3) is 0.414. The van der Waals surface area contributed by atoms with E-state index in [9.17, 15) is 14.0 Å². The fourth-order valence-corrected chi connectivity index (χ4v) is 5.19. The number of hydrogen-bond acceptors (Lipinski definition) is 8. The summed E-state index contributed by atoms with van der Waals surface area (Å²) in [5.74, 6) is 1.40. The molecule has 1 aliphatic carbocycles. The molecule has 0 saturated heterocycles. The third-order valence-corrected chi connectivity index (χ3v) is 7.35. The van der Waals surface area contributed by atoms with E-state index >= 15 is 0 Å². The smallest absolute Gasteiger partial charge is 0.287 e. The molecule has 4 aromatic rings. The summed E-state index contributed by atoms with van der Waals surface area (Å²) in [4.78, 5) is 32.4. The highest BCUT2D eigenvalue weighted by molar-refractivity contribution is 5.93. The molecule has 0 spiro atoms. The van der Waals surface area contributed by atoms with Crippen LogP contribution in [0.25, 0.3) is 10.9 Å². The van der Waals surface area contributed by atoms with Gasteiger partial charge in [0.05, 0.1) is 19.2 Å². The number of halogens is 1. The zero-order valence-electron chi connectivity index (χ0n) is 22.5. The van der Waals surface area contributed by atoms with E-state index in [-0.39, 0.29) is 35.6 Å². The minimum absolute atomic E-state index is 0.0112. The summed E-state index contributed by atoms with van der Waals surface area (Å²) in [7, 11) is 1.56. The van der Waals surface area contributed by atoms with Gasteiger partial charge in [0.2, 0.25) is 11.8 Å². The van der Waals surface area contributed by atoms with E-state index < -0.39 is 17.3 Å². The van der Waals surface area contributed by atoms with Gasteiger partial charge in [0.25, 0.3) is 11.5 Å². The Kier molecular flexibility index (Phi) is 8.37. The van der Waals surface area contributed by atoms with Gasteiger partial charge in [-0.3, -0.25) is 9.59 Å². The molecule has 2 N–H and O–H groups in total. The van der Waals surface area contributed by atoms with Crippen LogP contribution in [0.5, 0.6) is 11.5 Å². The Bertz CT molecular complexity index is 1540. The van der Waals surface area contributed by atoms with Crippen LogP contribution in [0.2, 0.25) is 0 Å². The number of nitrogens with one attached hydrogen (secondary N) is 2. The van der Waals surface area contributed by atoms with Gasteiger partial charge in [0, 0.05) is 19.9 Å². The summed E-state index contributed by atoms with van der Waals surface area (Å²) in [6.45, 7) is 2.28. The predicted molar refractivity (Wildman–Crippen MR) is 145 cm³/mol. The molecule has 0 bridgehead atoms. The zero-order chi connectivity index (χ0) is 28.1. The normalized spacial score (nSPS) is 17.1. The van der Waals surface area contributed by atoms with Crippen molar-refractivity contribution < 1.29 is 23.1 Å². The third kappa shape index (κ3) is 6.47. The SMILES string of the molecule is COc1cccc(CNC(=O)c2nc3ccc(F)c(OCCC4CCC(Cc5nnc(C)o5)CC4)c3c(=O)[nH]2)c1. The molecule has 2 heterocycles. The molecule has 2 aromatic heterocycles. The first kappa shape index (κ1) is 27.3. The first-order chi connectivity index (χ1) is 19.4. The highest BCUT2D eigenvalue weighted by Gasteiger charge is 2.24. The number of carbonyl (C=O) groups is 1. The van der Waals surface area contributed by atoms with Gasteiger partial charge >= 0.3 is 0 Å².